The summed E-state index contributed by atoms with van der Waals surface area (Å²) in [5.41, 5.74) is 33.1. The van der Waals surface area contributed by atoms with Gasteiger partial charge in [0.1, 0.15) is 11.3 Å². The van der Waals surface area contributed by atoms with Crippen LogP contribution in [0, 0.1) is 6.92 Å². The SMILES string of the molecule is C=C/C=C\c1oc2c(N3c4cc5c(cc4B4c6ccccc6N(c6ccccc6)c6cc(N(c7ccccc7)c7ccccc7)cc3c64)c3cccc4c6cc7c(cc6n5c34)N(c3cccc4c3oc3ccccc34)c3cc(N(c4ccccc4)c4ccccc4)cc4c3B7c3ccccc3N4c3ccccc3)cccc2c1C. The summed E-state index contributed by atoms with van der Waals surface area (Å²) < 4.78 is 17.2. The van der Waals surface area contributed by atoms with Crippen molar-refractivity contribution in [1.82, 2.24) is 4.40 Å². The minimum atomic E-state index is -0.217. The van der Waals surface area contributed by atoms with Crippen LogP contribution in [0.3, 0.4) is 0 Å². The second-order valence-electron chi connectivity index (χ2n) is 30.3. The molecule has 0 bridgehead atoms. The van der Waals surface area contributed by atoms with Crippen molar-refractivity contribution in [1.29, 1.82) is 0 Å². The van der Waals surface area contributed by atoms with Crippen LogP contribution in [0.5, 0.6) is 0 Å². The van der Waals surface area contributed by atoms with Gasteiger partial charge < -0.3 is 42.6 Å². The van der Waals surface area contributed by atoms with Crippen LogP contribution in [-0.4, -0.2) is 17.8 Å². The van der Waals surface area contributed by atoms with Crippen molar-refractivity contribution >= 4 is 226 Å². The van der Waals surface area contributed by atoms with Crippen LogP contribution < -0.4 is 62.2 Å². The Hall–Kier alpha value is -14.9. The molecule has 0 unspecified atom stereocenters. The summed E-state index contributed by atoms with van der Waals surface area (Å²) in [6.45, 7) is 5.82. The molecule has 0 N–H and O–H groups in total. The number of hydrogen-bond acceptors (Lipinski definition) is 8. The van der Waals surface area contributed by atoms with E-state index in [9.17, 15) is 0 Å². The Morgan fingerprint density at radius 1 is 0.298 bits per heavy atom. The number of fused-ring (bicyclic) bond motifs is 18. The maximum Gasteiger partial charge on any atom is 0.252 e. The largest absolute Gasteiger partial charge is 0.454 e. The van der Waals surface area contributed by atoms with Crippen molar-refractivity contribution in [3.8, 4) is 0 Å². The van der Waals surface area contributed by atoms with E-state index in [2.05, 4.69) is 405 Å². The fourth-order valence-electron chi connectivity index (χ4n) is 19.7. The summed E-state index contributed by atoms with van der Waals surface area (Å²) in [5.74, 6) is 0.788. The van der Waals surface area contributed by atoms with Gasteiger partial charge in [0.25, 0.3) is 13.4 Å². The zero-order chi connectivity index (χ0) is 75.0. The van der Waals surface area contributed by atoms with Crippen molar-refractivity contribution < 1.29 is 8.83 Å². The third-order valence-corrected chi connectivity index (χ3v) is 24.3. The molecule has 4 aliphatic heterocycles. The van der Waals surface area contributed by atoms with Crippen LogP contribution in [0.2, 0.25) is 0 Å². The van der Waals surface area contributed by atoms with Gasteiger partial charge in [-0.05, 0) is 185 Å². The third-order valence-electron chi connectivity index (χ3n) is 24.3. The van der Waals surface area contributed by atoms with Gasteiger partial charge in [-0.1, -0.05) is 237 Å². The van der Waals surface area contributed by atoms with E-state index in [1.54, 1.807) is 0 Å². The Balaban J connectivity index is 0.826. The Labute approximate surface area is 659 Å². The van der Waals surface area contributed by atoms with Gasteiger partial charge in [0, 0.05) is 123 Å². The maximum atomic E-state index is 7.31. The molecular weight excluding hydrogens is 1390 g/mol. The molecule has 0 spiro atoms. The molecule has 9 nitrogen and oxygen atoms in total. The summed E-state index contributed by atoms with van der Waals surface area (Å²) in [4.78, 5) is 14.9. The highest BCUT2D eigenvalue weighted by atomic mass is 16.3. The van der Waals surface area contributed by atoms with Crippen molar-refractivity contribution in [3.05, 3.63) is 388 Å². The number of benzene rings is 16. The molecule has 20 aromatic rings. The molecule has 0 fully saturated rings. The lowest BCUT2D eigenvalue weighted by Gasteiger charge is -2.45. The number of para-hydroxylation sites is 12. The zero-order valence-corrected chi connectivity index (χ0v) is 62.1. The molecule has 16 aromatic carbocycles. The van der Waals surface area contributed by atoms with Crippen LogP contribution in [0.1, 0.15) is 11.3 Å². The average Bonchev–Trinajstić information content (AvgIpc) is 1.38. The molecular formula is C103H67B2N7O2. The molecule has 4 aliphatic rings. The van der Waals surface area contributed by atoms with Crippen LogP contribution in [0.15, 0.2) is 385 Å². The molecule has 8 heterocycles. The fraction of sp³-hybridized carbons (Fsp3) is 0.00971. The van der Waals surface area contributed by atoms with Crippen molar-refractivity contribution in [3.63, 3.8) is 0 Å². The summed E-state index contributed by atoms with van der Waals surface area (Å²) in [5, 5.41) is 7.89. The minimum absolute atomic E-state index is 0.212. The molecule has 24 rings (SSSR count). The highest BCUT2D eigenvalue weighted by Gasteiger charge is 2.48. The van der Waals surface area contributed by atoms with Crippen LogP contribution in [0.4, 0.5) is 102 Å². The molecule has 4 aromatic heterocycles. The number of anilines is 18. The summed E-state index contributed by atoms with van der Waals surface area (Å²) in [7, 11) is 0. The van der Waals surface area contributed by atoms with E-state index in [4.69, 9.17) is 8.83 Å². The van der Waals surface area contributed by atoms with Crippen molar-refractivity contribution in [2.24, 2.45) is 0 Å². The number of furan rings is 2. The molecule has 11 heteroatoms. The van der Waals surface area contributed by atoms with Gasteiger partial charge in [0.15, 0.2) is 11.2 Å². The number of nitrogens with zero attached hydrogens (tertiary/aromatic N) is 7. The normalized spacial score (nSPS) is 13.2. The molecule has 0 radical (unpaired) electrons. The Bertz CT molecular complexity index is 7310. The first-order valence-electron chi connectivity index (χ1n) is 39.2. The maximum absolute atomic E-state index is 7.31. The van der Waals surface area contributed by atoms with E-state index in [1.165, 1.54) is 59.8 Å². The van der Waals surface area contributed by atoms with Gasteiger partial charge in [-0.3, -0.25) is 0 Å². The average molecular weight is 1460 g/mol. The van der Waals surface area contributed by atoms with E-state index in [0.29, 0.717) is 0 Å². The Morgan fingerprint density at radius 2 is 0.675 bits per heavy atom. The van der Waals surface area contributed by atoms with Gasteiger partial charge in [0.2, 0.25) is 0 Å². The highest BCUT2D eigenvalue weighted by Crippen LogP contribution is 2.55. The summed E-state index contributed by atoms with van der Waals surface area (Å²) >= 11 is 0. The van der Waals surface area contributed by atoms with E-state index >= 15 is 0 Å². The standard InChI is InChI=1S/C103H67B2N7O2/c1-3-4-55-97-65(2)74-45-30-53-87(102(74)113-97)110-91-63-89-79(61-83(91)104-81-49-24-26-51-85(81)108(70-40-19-9-20-41-70)93-57-72(59-95(110)99(93)104)106(66-32-11-5-12-33-66)67-34-13-6-14-35-67)76-46-29-47-77-80-62-84-92(64-90(80)112(89)101(76)77)111(88-54-31-48-78-75-44-23-28-56-98(75)114-103(78)88)96-60-73(107(68-36-15-7-16-37-68)69-38-17-8-18-39-69)58-94-100(96)105(84)82-50-25-27-52-86(82)109(94)71-42-21-10-22-43-71/h3-64H,1H2,2H3/b55-4-. The lowest BCUT2D eigenvalue weighted by atomic mass is 9.33. The smallest absolute Gasteiger partial charge is 0.252 e. The van der Waals surface area contributed by atoms with E-state index in [1.807, 2.05) is 18.2 Å². The lowest BCUT2D eigenvalue weighted by molar-refractivity contribution is 0.601. The number of aromatic nitrogens is 1. The van der Waals surface area contributed by atoms with Gasteiger partial charge >= 0.3 is 0 Å². The second kappa shape index (κ2) is 24.8. The predicted molar refractivity (Wildman–Crippen MR) is 480 cm³/mol. The second-order valence-corrected chi connectivity index (χ2v) is 30.3. The summed E-state index contributed by atoms with van der Waals surface area (Å²) in [6.07, 6.45) is 5.82. The molecule has 532 valence electrons. The topological polar surface area (TPSA) is 50.1 Å². The molecule has 0 atom stereocenters. The number of hydrogen-bond donors (Lipinski definition) is 0. The highest BCUT2D eigenvalue weighted by molar-refractivity contribution is 7.01. The van der Waals surface area contributed by atoms with Crippen molar-refractivity contribution in [2.75, 3.05) is 29.4 Å². The first-order chi connectivity index (χ1) is 56.5. The number of aryl methyl sites for hydroxylation is 1. The molecule has 0 amide bonds. The molecule has 0 saturated heterocycles. The molecule has 114 heavy (non-hydrogen) atoms. The first-order valence-corrected chi connectivity index (χ1v) is 39.2. The van der Waals surface area contributed by atoms with E-state index < -0.39 is 0 Å². The van der Waals surface area contributed by atoms with E-state index in [0.717, 1.165) is 158 Å². The fourth-order valence-corrected chi connectivity index (χ4v) is 19.7. The van der Waals surface area contributed by atoms with Crippen LogP contribution >= 0.6 is 0 Å². The van der Waals surface area contributed by atoms with Gasteiger partial charge in [-0.15, -0.1) is 0 Å². The van der Waals surface area contributed by atoms with Crippen molar-refractivity contribution in [2.45, 2.75) is 6.92 Å². The first kappa shape index (κ1) is 63.9. The molecule has 0 saturated carbocycles. The monoisotopic (exact) mass is 1460 g/mol. The zero-order valence-electron chi connectivity index (χ0n) is 62.1. The van der Waals surface area contributed by atoms with Crippen LogP contribution in [0.25, 0.3) is 77.1 Å². The Morgan fingerprint density at radius 3 is 1.15 bits per heavy atom. The van der Waals surface area contributed by atoms with Gasteiger partial charge in [0.05, 0.1) is 39.3 Å². The predicted octanol–water partition coefficient (Wildman–Crippen LogP) is 24.1. The quantitative estimate of drug-likeness (QED) is 0.0886. The molecule has 0 aliphatic carbocycles. The number of rotatable bonds is 12. The van der Waals surface area contributed by atoms with Crippen LogP contribution in [-0.2, 0) is 0 Å². The van der Waals surface area contributed by atoms with E-state index in [-0.39, 0.29) is 13.4 Å². The lowest BCUT2D eigenvalue weighted by Crippen LogP contribution is -2.61. The van der Waals surface area contributed by atoms with Gasteiger partial charge in [-0.2, -0.15) is 0 Å². The Kier molecular flexibility index (Phi) is 13.9. The third kappa shape index (κ3) is 9.20. The number of allylic oxidation sites excluding steroid dienone is 2. The summed E-state index contributed by atoms with van der Waals surface area (Å²) in [6, 6.07) is 132. The minimum Gasteiger partial charge on any atom is -0.454 e. The van der Waals surface area contributed by atoms with Gasteiger partial charge in [-0.25, -0.2) is 0 Å².